The number of nitrogens with zero attached hydrogens (tertiary/aromatic N) is 2. The molecule has 0 aliphatic rings. The van der Waals surface area contributed by atoms with E-state index in [0.29, 0.717) is 30.1 Å². The van der Waals surface area contributed by atoms with E-state index in [1.54, 1.807) is 12.3 Å². The van der Waals surface area contributed by atoms with Gasteiger partial charge in [0.1, 0.15) is 0 Å². The highest BCUT2D eigenvalue weighted by atomic mass is 16.2. The van der Waals surface area contributed by atoms with Crippen LogP contribution in [0.2, 0.25) is 0 Å². The van der Waals surface area contributed by atoms with Crippen LogP contribution in [0.25, 0.3) is 0 Å². The summed E-state index contributed by atoms with van der Waals surface area (Å²) in [6.07, 6.45) is 5.48. The standard InChI is InChI=1S/C18H22N4O2/c1-13(2)6-8-21-17(23)14-9-15(11-19-10-14)18(24)22-12-16-5-3-4-7-20-16/h3-5,7,9-11,13H,6,8,12H2,1-2H3,(H,21,23)(H,22,24). The number of rotatable bonds is 7. The molecule has 6 nitrogen and oxygen atoms in total. The van der Waals surface area contributed by atoms with Gasteiger partial charge < -0.3 is 10.6 Å². The summed E-state index contributed by atoms with van der Waals surface area (Å²) in [6, 6.07) is 7.05. The Labute approximate surface area is 141 Å². The predicted octanol–water partition coefficient (Wildman–Crippen LogP) is 2.18. The fourth-order valence-corrected chi connectivity index (χ4v) is 2.04. The summed E-state index contributed by atoms with van der Waals surface area (Å²) < 4.78 is 0. The summed E-state index contributed by atoms with van der Waals surface area (Å²) >= 11 is 0. The Kier molecular flexibility index (Phi) is 6.42. The van der Waals surface area contributed by atoms with E-state index in [2.05, 4.69) is 34.4 Å². The summed E-state index contributed by atoms with van der Waals surface area (Å²) in [5.74, 6) is 0.0136. The van der Waals surface area contributed by atoms with Crippen LogP contribution in [0.4, 0.5) is 0 Å². The number of carbonyl (C=O) groups is 2. The largest absolute Gasteiger partial charge is 0.352 e. The van der Waals surface area contributed by atoms with Gasteiger partial charge in [0.25, 0.3) is 11.8 Å². The third-order valence-electron chi connectivity index (χ3n) is 3.43. The highest BCUT2D eigenvalue weighted by Crippen LogP contribution is 2.04. The number of amides is 2. The summed E-state index contributed by atoms with van der Waals surface area (Å²) in [7, 11) is 0. The van der Waals surface area contributed by atoms with Crippen molar-refractivity contribution in [2.75, 3.05) is 6.54 Å². The van der Waals surface area contributed by atoms with Crippen molar-refractivity contribution >= 4 is 11.8 Å². The number of pyridine rings is 2. The first-order valence-corrected chi connectivity index (χ1v) is 7.97. The van der Waals surface area contributed by atoms with Gasteiger partial charge in [-0.1, -0.05) is 19.9 Å². The number of carbonyl (C=O) groups excluding carboxylic acids is 2. The van der Waals surface area contributed by atoms with E-state index in [1.807, 2.05) is 18.2 Å². The highest BCUT2D eigenvalue weighted by molar-refractivity contribution is 5.99. The molecular formula is C18H22N4O2. The maximum Gasteiger partial charge on any atom is 0.253 e. The number of aromatic nitrogens is 2. The highest BCUT2D eigenvalue weighted by Gasteiger charge is 2.11. The Bertz CT molecular complexity index is 686. The molecule has 0 aromatic carbocycles. The van der Waals surface area contributed by atoms with Crippen LogP contribution in [0.15, 0.2) is 42.9 Å². The molecule has 2 aromatic rings. The molecule has 2 rings (SSSR count). The molecule has 2 heterocycles. The maximum atomic E-state index is 12.2. The average Bonchev–Trinajstić information content (AvgIpc) is 2.60. The van der Waals surface area contributed by atoms with Crippen LogP contribution < -0.4 is 10.6 Å². The quantitative estimate of drug-likeness (QED) is 0.817. The van der Waals surface area contributed by atoms with E-state index in [4.69, 9.17) is 0 Å². The van der Waals surface area contributed by atoms with Crippen LogP contribution in [-0.2, 0) is 6.54 Å². The predicted molar refractivity (Wildman–Crippen MR) is 91.4 cm³/mol. The van der Waals surface area contributed by atoms with E-state index in [0.717, 1.165) is 12.1 Å². The molecule has 0 radical (unpaired) electrons. The first kappa shape index (κ1) is 17.6. The molecule has 0 unspecified atom stereocenters. The molecule has 0 bridgehead atoms. The van der Waals surface area contributed by atoms with Gasteiger partial charge in [0.2, 0.25) is 0 Å². The summed E-state index contributed by atoms with van der Waals surface area (Å²) in [6.45, 7) is 5.12. The zero-order valence-corrected chi connectivity index (χ0v) is 14.0. The van der Waals surface area contributed by atoms with E-state index in [-0.39, 0.29) is 11.8 Å². The summed E-state index contributed by atoms with van der Waals surface area (Å²) in [5.41, 5.74) is 1.49. The van der Waals surface area contributed by atoms with E-state index >= 15 is 0 Å². The molecule has 0 atom stereocenters. The summed E-state index contributed by atoms with van der Waals surface area (Å²) in [4.78, 5) is 32.4. The Morgan fingerprint density at radius 1 is 1.08 bits per heavy atom. The Morgan fingerprint density at radius 2 is 1.79 bits per heavy atom. The second kappa shape index (κ2) is 8.76. The Hall–Kier alpha value is -2.76. The molecule has 0 aliphatic heterocycles. The molecule has 0 saturated carbocycles. The molecular weight excluding hydrogens is 304 g/mol. The lowest BCUT2D eigenvalue weighted by atomic mass is 10.1. The Balaban J connectivity index is 1.93. The molecule has 2 aromatic heterocycles. The average molecular weight is 326 g/mol. The lowest BCUT2D eigenvalue weighted by molar-refractivity contribution is 0.0950. The third-order valence-corrected chi connectivity index (χ3v) is 3.43. The fraction of sp³-hybridized carbons (Fsp3) is 0.333. The van der Waals surface area contributed by atoms with Crippen molar-refractivity contribution < 1.29 is 9.59 Å². The smallest absolute Gasteiger partial charge is 0.253 e. The molecule has 126 valence electrons. The normalized spacial score (nSPS) is 10.5. The van der Waals surface area contributed by atoms with Crippen LogP contribution in [-0.4, -0.2) is 28.3 Å². The van der Waals surface area contributed by atoms with Crippen LogP contribution in [0, 0.1) is 5.92 Å². The Morgan fingerprint density at radius 3 is 2.42 bits per heavy atom. The van der Waals surface area contributed by atoms with Crippen molar-refractivity contribution in [2.24, 2.45) is 5.92 Å². The molecule has 0 saturated heterocycles. The number of hydrogen-bond acceptors (Lipinski definition) is 4. The van der Waals surface area contributed by atoms with Gasteiger partial charge in [-0.15, -0.1) is 0 Å². The minimum Gasteiger partial charge on any atom is -0.352 e. The number of nitrogens with one attached hydrogen (secondary N) is 2. The van der Waals surface area contributed by atoms with E-state index < -0.39 is 0 Å². The van der Waals surface area contributed by atoms with Crippen LogP contribution in [0.1, 0.15) is 46.7 Å². The molecule has 0 spiro atoms. The SMILES string of the molecule is CC(C)CCNC(=O)c1cncc(C(=O)NCc2ccccn2)c1. The first-order chi connectivity index (χ1) is 11.6. The molecule has 2 N–H and O–H groups in total. The number of hydrogen-bond donors (Lipinski definition) is 2. The minimum absolute atomic E-state index is 0.220. The summed E-state index contributed by atoms with van der Waals surface area (Å²) in [5, 5.41) is 5.60. The van der Waals surface area contributed by atoms with Crippen molar-refractivity contribution in [2.45, 2.75) is 26.8 Å². The lowest BCUT2D eigenvalue weighted by Crippen LogP contribution is -2.27. The second-order valence-corrected chi connectivity index (χ2v) is 5.90. The molecule has 2 amide bonds. The van der Waals surface area contributed by atoms with Crippen LogP contribution in [0.5, 0.6) is 0 Å². The minimum atomic E-state index is -0.287. The van der Waals surface area contributed by atoms with Gasteiger partial charge in [-0.25, -0.2) is 0 Å². The van der Waals surface area contributed by atoms with Crippen molar-refractivity contribution in [1.29, 1.82) is 0 Å². The van der Waals surface area contributed by atoms with Gasteiger partial charge in [-0.05, 0) is 30.5 Å². The van der Waals surface area contributed by atoms with Gasteiger partial charge in [-0.3, -0.25) is 19.6 Å². The third kappa shape index (κ3) is 5.46. The van der Waals surface area contributed by atoms with Gasteiger partial charge in [0.15, 0.2) is 0 Å². The molecule has 24 heavy (non-hydrogen) atoms. The van der Waals surface area contributed by atoms with E-state index in [9.17, 15) is 9.59 Å². The maximum absolute atomic E-state index is 12.2. The lowest BCUT2D eigenvalue weighted by Gasteiger charge is -2.08. The van der Waals surface area contributed by atoms with Gasteiger partial charge in [-0.2, -0.15) is 0 Å². The van der Waals surface area contributed by atoms with Gasteiger partial charge >= 0.3 is 0 Å². The van der Waals surface area contributed by atoms with Crippen LogP contribution in [0.3, 0.4) is 0 Å². The van der Waals surface area contributed by atoms with E-state index in [1.165, 1.54) is 12.4 Å². The first-order valence-electron chi connectivity index (χ1n) is 7.97. The van der Waals surface area contributed by atoms with Crippen molar-refractivity contribution in [3.05, 3.63) is 59.7 Å². The van der Waals surface area contributed by atoms with Crippen molar-refractivity contribution in [3.63, 3.8) is 0 Å². The van der Waals surface area contributed by atoms with Crippen LogP contribution >= 0.6 is 0 Å². The molecule has 0 fully saturated rings. The molecule has 0 aliphatic carbocycles. The topological polar surface area (TPSA) is 84.0 Å². The van der Waals surface area contributed by atoms with Crippen molar-refractivity contribution in [1.82, 2.24) is 20.6 Å². The molecule has 6 heteroatoms. The zero-order chi connectivity index (χ0) is 17.4. The second-order valence-electron chi connectivity index (χ2n) is 5.90. The van der Waals surface area contributed by atoms with Gasteiger partial charge in [0.05, 0.1) is 23.4 Å². The fourth-order valence-electron chi connectivity index (χ4n) is 2.04. The van der Waals surface area contributed by atoms with Gasteiger partial charge in [0, 0.05) is 25.1 Å². The van der Waals surface area contributed by atoms with Crippen molar-refractivity contribution in [3.8, 4) is 0 Å². The zero-order valence-electron chi connectivity index (χ0n) is 14.0. The monoisotopic (exact) mass is 326 g/mol.